The van der Waals surface area contributed by atoms with Crippen molar-refractivity contribution >= 4 is 5.91 Å². The number of amides is 1. The maximum atomic E-state index is 12.7. The fourth-order valence-corrected chi connectivity index (χ4v) is 2.21. The summed E-state index contributed by atoms with van der Waals surface area (Å²) in [5.74, 6) is -0.539. The number of aromatic nitrogens is 3. The highest BCUT2D eigenvalue weighted by molar-refractivity contribution is 5.91. The number of piperidine rings is 1. The minimum atomic E-state index is -0.520. The molecule has 0 bridgehead atoms. The minimum Gasteiger partial charge on any atom is -0.458 e. The molecule has 110 valence electrons. The Morgan fingerprint density at radius 3 is 2.95 bits per heavy atom. The summed E-state index contributed by atoms with van der Waals surface area (Å²) in [7, 11) is 0. The highest BCUT2D eigenvalue weighted by Crippen LogP contribution is 2.17. The highest BCUT2D eigenvalue weighted by Gasteiger charge is 2.27. The standard InChI is InChI=1S/C13H13FN4O3/c14-9-6-15-13(16-7-9)20-10-2-1-5-18(8-10)12(19)11-3-4-17-21-11/h3-4,6-7,10H,1-2,5,8H2/t10-/m0/s1. The van der Waals surface area contributed by atoms with Gasteiger partial charge in [-0.3, -0.25) is 4.79 Å². The summed E-state index contributed by atoms with van der Waals surface area (Å²) in [4.78, 5) is 21.3. The topological polar surface area (TPSA) is 81.4 Å². The SMILES string of the molecule is O=C(c1ccno1)N1CCC[C@H](Oc2ncc(F)cn2)C1. The molecule has 3 rings (SSSR count). The van der Waals surface area contributed by atoms with Gasteiger partial charge in [0.15, 0.2) is 5.82 Å². The van der Waals surface area contributed by atoms with Gasteiger partial charge in [0, 0.05) is 12.6 Å². The molecule has 1 aliphatic rings. The number of carbonyl (C=O) groups excluding carboxylic acids is 1. The fraction of sp³-hybridized carbons (Fsp3) is 0.385. The summed E-state index contributed by atoms with van der Waals surface area (Å²) in [6.07, 6.45) is 4.87. The van der Waals surface area contributed by atoms with Crippen LogP contribution in [-0.2, 0) is 0 Å². The van der Waals surface area contributed by atoms with Gasteiger partial charge < -0.3 is 14.2 Å². The van der Waals surface area contributed by atoms with Gasteiger partial charge in [-0.25, -0.2) is 14.4 Å². The summed E-state index contributed by atoms with van der Waals surface area (Å²) >= 11 is 0. The van der Waals surface area contributed by atoms with Crippen molar-refractivity contribution in [3.05, 3.63) is 36.2 Å². The van der Waals surface area contributed by atoms with Crippen molar-refractivity contribution in [2.45, 2.75) is 18.9 Å². The number of ether oxygens (including phenoxy) is 1. The number of nitrogens with zero attached hydrogens (tertiary/aromatic N) is 4. The van der Waals surface area contributed by atoms with Crippen molar-refractivity contribution in [3.63, 3.8) is 0 Å². The average molecular weight is 292 g/mol. The maximum Gasteiger partial charge on any atom is 0.316 e. The third kappa shape index (κ3) is 3.15. The van der Waals surface area contributed by atoms with Gasteiger partial charge in [-0.1, -0.05) is 5.16 Å². The number of hydrogen-bond donors (Lipinski definition) is 0. The van der Waals surface area contributed by atoms with Gasteiger partial charge in [0.1, 0.15) is 6.10 Å². The van der Waals surface area contributed by atoms with Crippen molar-refractivity contribution in [2.24, 2.45) is 0 Å². The second-order valence-corrected chi connectivity index (χ2v) is 4.69. The second kappa shape index (κ2) is 5.86. The Morgan fingerprint density at radius 1 is 1.43 bits per heavy atom. The van der Waals surface area contributed by atoms with Crippen LogP contribution in [0.25, 0.3) is 0 Å². The lowest BCUT2D eigenvalue weighted by Crippen LogP contribution is -2.44. The minimum absolute atomic E-state index is 0.107. The summed E-state index contributed by atoms with van der Waals surface area (Å²) in [5, 5.41) is 3.52. The van der Waals surface area contributed by atoms with Crippen LogP contribution in [0.2, 0.25) is 0 Å². The summed E-state index contributed by atoms with van der Waals surface area (Å²) in [5.41, 5.74) is 0. The molecule has 0 unspecified atom stereocenters. The zero-order valence-electron chi connectivity index (χ0n) is 11.1. The molecular formula is C13H13FN4O3. The molecule has 8 heteroatoms. The van der Waals surface area contributed by atoms with E-state index in [2.05, 4.69) is 15.1 Å². The number of halogens is 1. The van der Waals surface area contributed by atoms with E-state index in [9.17, 15) is 9.18 Å². The molecule has 0 N–H and O–H groups in total. The van der Waals surface area contributed by atoms with Crippen molar-refractivity contribution < 1.29 is 18.4 Å². The molecule has 0 spiro atoms. The van der Waals surface area contributed by atoms with Crippen LogP contribution in [0.4, 0.5) is 4.39 Å². The van der Waals surface area contributed by atoms with E-state index in [0.717, 1.165) is 25.2 Å². The molecule has 7 nitrogen and oxygen atoms in total. The van der Waals surface area contributed by atoms with Crippen LogP contribution in [0.15, 0.2) is 29.2 Å². The predicted molar refractivity (Wildman–Crippen MR) is 68.0 cm³/mol. The molecule has 1 saturated heterocycles. The zero-order valence-corrected chi connectivity index (χ0v) is 11.1. The molecule has 1 aliphatic heterocycles. The van der Waals surface area contributed by atoms with Gasteiger partial charge in [-0.2, -0.15) is 0 Å². The first-order valence-electron chi connectivity index (χ1n) is 6.56. The smallest absolute Gasteiger partial charge is 0.316 e. The molecule has 0 radical (unpaired) electrons. The van der Waals surface area contributed by atoms with E-state index in [-0.39, 0.29) is 23.8 Å². The van der Waals surface area contributed by atoms with Crippen LogP contribution in [0.1, 0.15) is 23.4 Å². The molecule has 1 amide bonds. The maximum absolute atomic E-state index is 12.7. The fourth-order valence-electron chi connectivity index (χ4n) is 2.21. The molecule has 0 saturated carbocycles. The van der Waals surface area contributed by atoms with E-state index in [1.807, 2.05) is 0 Å². The Labute approximate surface area is 119 Å². The van der Waals surface area contributed by atoms with E-state index in [1.54, 1.807) is 4.90 Å². The average Bonchev–Trinajstić information content (AvgIpc) is 3.03. The van der Waals surface area contributed by atoms with Gasteiger partial charge in [0.25, 0.3) is 5.91 Å². The van der Waals surface area contributed by atoms with Crippen LogP contribution in [0.5, 0.6) is 6.01 Å². The molecule has 2 aromatic rings. The van der Waals surface area contributed by atoms with Crippen LogP contribution >= 0.6 is 0 Å². The van der Waals surface area contributed by atoms with Gasteiger partial charge in [0.05, 0.1) is 25.1 Å². The number of rotatable bonds is 3. The van der Waals surface area contributed by atoms with Gasteiger partial charge in [0.2, 0.25) is 5.76 Å². The van der Waals surface area contributed by atoms with E-state index >= 15 is 0 Å². The Bertz CT molecular complexity index is 602. The summed E-state index contributed by atoms with van der Waals surface area (Å²) < 4.78 is 23.2. The van der Waals surface area contributed by atoms with Gasteiger partial charge >= 0.3 is 6.01 Å². The molecule has 1 fully saturated rings. The van der Waals surface area contributed by atoms with Crippen LogP contribution in [-0.4, -0.2) is 45.1 Å². The van der Waals surface area contributed by atoms with E-state index in [0.29, 0.717) is 13.1 Å². The number of likely N-dealkylation sites (tertiary alicyclic amines) is 1. The Morgan fingerprint density at radius 2 is 2.24 bits per heavy atom. The number of carbonyl (C=O) groups is 1. The van der Waals surface area contributed by atoms with Crippen molar-refractivity contribution in [3.8, 4) is 6.01 Å². The van der Waals surface area contributed by atoms with Crippen LogP contribution < -0.4 is 4.74 Å². The largest absolute Gasteiger partial charge is 0.458 e. The van der Waals surface area contributed by atoms with E-state index in [1.165, 1.54) is 12.3 Å². The first-order chi connectivity index (χ1) is 10.2. The molecule has 0 aliphatic carbocycles. The zero-order chi connectivity index (χ0) is 14.7. The van der Waals surface area contributed by atoms with Crippen molar-refractivity contribution in [1.29, 1.82) is 0 Å². The lowest BCUT2D eigenvalue weighted by molar-refractivity contribution is 0.0481. The normalized spacial score (nSPS) is 18.5. The van der Waals surface area contributed by atoms with E-state index < -0.39 is 5.82 Å². The van der Waals surface area contributed by atoms with Crippen LogP contribution in [0.3, 0.4) is 0 Å². The van der Waals surface area contributed by atoms with E-state index in [4.69, 9.17) is 9.26 Å². The second-order valence-electron chi connectivity index (χ2n) is 4.69. The van der Waals surface area contributed by atoms with Crippen LogP contribution in [0, 0.1) is 5.82 Å². The lowest BCUT2D eigenvalue weighted by atomic mass is 10.1. The van der Waals surface area contributed by atoms with Gasteiger partial charge in [-0.05, 0) is 12.8 Å². The molecular weight excluding hydrogens is 279 g/mol. The van der Waals surface area contributed by atoms with Gasteiger partial charge in [-0.15, -0.1) is 0 Å². The first kappa shape index (κ1) is 13.5. The van der Waals surface area contributed by atoms with Crippen molar-refractivity contribution in [1.82, 2.24) is 20.0 Å². The molecule has 3 heterocycles. The monoisotopic (exact) mass is 292 g/mol. The lowest BCUT2D eigenvalue weighted by Gasteiger charge is -2.31. The molecule has 0 aromatic carbocycles. The molecule has 21 heavy (non-hydrogen) atoms. The first-order valence-corrected chi connectivity index (χ1v) is 6.56. The molecule has 1 atom stereocenters. The summed E-state index contributed by atoms with van der Waals surface area (Å²) in [6, 6.07) is 1.63. The van der Waals surface area contributed by atoms with Crippen molar-refractivity contribution in [2.75, 3.05) is 13.1 Å². The Kier molecular flexibility index (Phi) is 3.76. The summed E-state index contributed by atoms with van der Waals surface area (Å²) in [6.45, 7) is 1.03. The highest BCUT2D eigenvalue weighted by atomic mass is 19.1. The predicted octanol–water partition coefficient (Wildman–Crippen LogP) is 1.29. The Hall–Kier alpha value is -2.51. The Balaban J connectivity index is 1.63. The third-order valence-electron chi connectivity index (χ3n) is 3.18. The quantitative estimate of drug-likeness (QED) is 0.847. The number of hydrogen-bond acceptors (Lipinski definition) is 6. The molecule has 2 aromatic heterocycles. The third-order valence-corrected chi connectivity index (χ3v) is 3.18.